The van der Waals surface area contributed by atoms with Crippen molar-refractivity contribution in [2.75, 3.05) is 6.54 Å². The third-order valence-corrected chi connectivity index (χ3v) is 2.90. The Bertz CT molecular complexity index is 355. The van der Waals surface area contributed by atoms with Gasteiger partial charge >= 0.3 is 0 Å². The lowest BCUT2D eigenvalue weighted by molar-refractivity contribution is 0.0953. The molecule has 3 nitrogen and oxygen atoms in total. The maximum absolute atomic E-state index is 11.6. The highest BCUT2D eigenvalue weighted by atomic mass is 16.3. The molecule has 1 fully saturated rings. The third kappa shape index (κ3) is 3.26. The molecule has 0 aliphatic heterocycles. The van der Waals surface area contributed by atoms with Gasteiger partial charge in [0.2, 0.25) is 0 Å². The summed E-state index contributed by atoms with van der Waals surface area (Å²) in [4.78, 5) is 11.6. The minimum Gasteiger partial charge on any atom is -0.508 e. The molecule has 0 bridgehead atoms. The number of phenols is 1. The van der Waals surface area contributed by atoms with Crippen molar-refractivity contribution in [3.8, 4) is 5.75 Å². The summed E-state index contributed by atoms with van der Waals surface area (Å²) in [5, 5.41) is 12.0. The van der Waals surface area contributed by atoms with E-state index < -0.39 is 0 Å². The number of amides is 1. The Hall–Kier alpha value is -1.51. The topological polar surface area (TPSA) is 49.3 Å². The van der Waals surface area contributed by atoms with Crippen molar-refractivity contribution in [2.45, 2.75) is 25.7 Å². The lowest BCUT2D eigenvalue weighted by Crippen LogP contribution is -2.24. The van der Waals surface area contributed by atoms with E-state index in [4.69, 9.17) is 5.11 Å². The van der Waals surface area contributed by atoms with Crippen molar-refractivity contribution in [3.63, 3.8) is 0 Å². The number of hydrogen-bond acceptors (Lipinski definition) is 2. The minimum atomic E-state index is -0.0594. The monoisotopic (exact) mass is 219 g/mol. The smallest absolute Gasteiger partial charge is 0.251 e. The molecule has 1 saturated carbocycles. The van der Waals surface area contributed by atoms with Gasteiger partial charge in [-0.1, -0.05) is 12.8 Å². The van der Waals surface area contributed by atoms with Crippen LogP contribution in [0.25, 0.3) is 0 Å². The molecular weight excluding hydrogens is 202 g/mol. The Morgan fingerprint density at radius 1 is 1.31 bits per heavy atom. The number of phenolic OH excluding ortho intramolecular Hbond substituents is 1. The van der Waals surface area contributed by atoms with Crippen LogP contribution in [0.5, 0.6) is 5.75 Å². The van der Waals surface area contributed by atoms with Crippen molar-refractivity contribution in [1.82, 2.24) is 5.32 Å². The van der Waals surface area contributed by atoms with Gasteiger partial charge in [0.25, 0.3) is 5.91 Å². The highest BCUT2D eigenvalue weighted by Crippen LogP contribution is 2.33. The molecule has 16 heavy (non-hydrogen) atoms. The first-order valence-corrected chi connectivity index (χ1v) is 5.83. The van der Waals surface area contributed by atoms with Crippen molar-refractivity contribution in [2.24, 2.45) is 5.92 Å². The van der Waals surface area contributed by atoms with Gasteiger partial charge < -0.3 is 10.4 Å². The molecule has 1 amide bonds. The highest BCUT2D eigenvalue weighted by Gasteiger charge is 2.20. The number of rotatable bonds is 5. The van der Waals surface area contributed by atoms with Crippen LogP contribution in [0.15, 0.2) is 24.3 Å². The first-order chi connectivity index (χ1) is 7.75. The lowest BCUT2D eigenvalue weighted by atomic mass is 10.2. The van der Waals surface area contributed by atoms with Crippen LogP contribution in [0, 0.1) is 5.92 Å². The zero-order chi connectivity index (χ0) is 11.4. The largest absolute Gasteiger partial charge is 0.508 e. The highest BCUT2D eigenvalue weighted by molar-refractivity contribution is 5.94. The van der Waals surface area contributed by atoms with Crippen LogP contribution in [-0.2, 0) is 0 Å². The molecular formula is C13H17NO2. The second kappa shape index (κ2) is 5.01. The zero-order valence-corrected chi connectivity index (χ0v) is 9.28. The van der Waals surface area contributed by atoms with Crippen molar-refractivity contribution >= 4 is 5.91 Å². The molecule has 1 aromatic rings. The molecule has 0 atom stereocenters. The minimum absolute atomic E-state index is 0.0594. The number of nitrogens with one attached hydrogen (secondary N) is 1. The van der Waals surface area contributed by atoms with Gasteiger partial charge in [-0.25, -0.2) is 0 Å². The second-order valence-electron chi connectivity index (χ2n) is 4.39. The van der Waals surface area contributed by atoms with Crippen molar-refractivity contribution in [1.29, 1.82) is 0 Å². The average Bonchev–Trinajstić information content (AvgIpc) is 3.09. The Morgan fingerprint density at radius 3 is 2.62 bits per heavy atom. The summed E-state index contributed by atoms with van der Waals surface area (Å²) in [7, 11) is 0. The number of carbonyl (C=O) groups excluding carboxylic acids is 1. The summed E-state index contributed by atoms with van der Waals surface area (Å²) in [6.07, 6.45) is 5.03. The third-order valence-electron chi connectivity index (χ3n) is 2.90. The number of benzene rings is 1. The van der Waals surface area contributed by atoms with Crippen molar-refractivity contribution < 1.29 is 9.90 Å². The zero-order valence-electron chi connectivity index (χ0n) is 9.28. The summed E-state index contributed by atoms with van der Waals surface area (Å²) in [6.45, 7) is 0.746. The van der Waals surface area contributed by atoms with Crippen LogP contribution in [-0.4, -0.2) is 17.6 Å². The summed E-state index contributed by atoms with van der Waals surface area (Å²) in [6, 6.07) is 6.31. The number of carbonyl (C=O) groups is 1. The van der Waals surface area contributed by atoms with Gasteiger partial charge in [0.15, 0.2) is 0 Å². The van der Waals surface area contributed by atoms with Crippen LogP contribution >= 0.6 is 0 Å². The van der Waals surface area contributed by atoms with Crippen LogP contribution in [0.1, 0.15) is 36.0 Å². The summed E-state index contributed by atoms with van der Waals surface area (Å²) < 4.78 is 0. The standard InChI is InChI=1S/C13H17NO2/c15-12-7-5-11(6-8-12)13(16)14-9-1-2-10-3-4-10/h5-8,10,15H,1-4,9H2,(H,14,16). The molecule has 0 radical (unpaired) electrons. The van der Waals surface area contributed by atoms with Crippen molar-refractivity contribution in [3.05, 3.63) is 29.8 Å². The fraction of sp³-hybridized carbons (Fsp3) is 0.462. The molecule has 0 spiro atoms. The van der Waals surface area contributed by atoms with E-state index in [0.29, 0.717) is 5.56 Å². The van der Waals surface area contributed by atoms with Crippen LogP contribution in [0.3, 0.4) is 0 Å². The molecule has 2 rings (SSSR count). The fourth-order valence-corrected chi connectivity index (χ4v) is 1.71. The lowest BCUT2D eigenvalue weighted by Gasteiger charge is -2.04. The van der Waals surface area contributed by atoms with E-state index in [0.717, 1.165) is 18.9 Å². The van der Waals surface area contributed by atoms with Gasteiger partial charge in [0.1, 0.15) is 5.75 Å². The average molecular weight is 219 g/mol. The predicted octanol–water partition coefficient (Wildman–Crippen LogP) is 2.31. The van der Waals surface area contributed by atoms with E-state index in [1.54, 1.807) is 12.1 Å². The van der Waals surface area contributed by atoms with E-state index in [9.17, 15) is 4.79 Å². The molecule has 0 saturated heterocycles. The predicted molar refractivity (Wildman–Crippen MR) is 62.4 cm³/mol. The van der Waals surface area contributed by atoms with Crippen LogP contribution in [0.2, 0.25) is 0 Å². The maximum atomic E-state index is 11.6. The van der Waals surface area contributed by atoms with E-state index in [2.05, 4.69) is 5.32 Å². The Labute approximate surface area is 95.5 Å². The SMILES string of the molecule is O=C(NCCCC1CC1)c1ccc(O)cc1. The summed E-state index contributed by atoms with van der Waals surface area (Å²) in [5.41, 5.74) is 0.601. The molecule has 1 aromatic carbocycles. The van der Waals surface area contributed by atoms with E-state index in [1.807, 2.05) is 0 Å². The molecule has 3 heteroatoms. The van der Waals surface area contributed by atoms with E-state index in [1.165, 1.54) is 31.4 Å². The Morgan fingerprint density at radius 2 is 2.00 bits per heavy atom. The molecule has 0 unspecified atom stereocenters. The maximum Gasteiger partial charge on any atom is 0.251 e. The van der Waals surface area contributed by atoms with Gasteiger partial charge in [-0.15, -0.1) is 0 Å². The molecule has 0 heterocycles. The number of aromatic hydroxyl groups is 1. The van der Waals surface area contributed by atoms with E-state index >= 15 is 0 Å². The van der Waals surface area contributed by atoms with Gasteiger partial charge in [-0.05, 0) is 43.0 Å². The summed E-state index contributed by atoms with van der Waals surface area (Å²) in [5.74, 6) is 1.05. The Kier molecular flexibility index (Phi) is 3.44. The van der Waals surface area contributed by atoms with Crippen LogP contribution in [0.4, 0.5) is 0 Å². The molecule has 2 N–H and O–H groups in total. The normalized spacial score (nSPS) is 14.8. The van der Waals surface area contributed by atoms with Gasteiger partial charge in [-0.2, -0.15) is 0 Å². The molecule has 0 aromatic heterocycles. The van der Waals surface area contributed by atoms with Gasteiger partial charge in [0.05, 0.1) is 0 Å². The first-order valence-electron chi connectivity index (χ1n) is 5.83. The Balaban J connectivity index is 1.71. The van der Waals surface area contributed by atoms with Gasteiger partial charge in [-0.3, -0.25) is 4.79 Å². The van der Waals surface area contributed by atoms with Crippen LogP contribution < -0.4 is 5.32 Å². The first kappa shape index (κ1) is 11.0. The fourth-order valence-electron chi connectivity index (χ4n) is 1.71. The van der Waals surface area contributed by atoms with E-state index in [-0.39, 0.29) is 11.7 Å². The molecule has 1 aliphatic rings. The second-order valence-corrected chi connectivity index (χ2v) is 4.39. The summed E-state index contributed by atoms with van der Waals surface area (Å²) >= 11 is 0. The molecule has 1 aliphatic carbocycles. The van der Waals surface area contributed by atoms with Gasteiger partial charge in [0, 0.05) is 12.1 Å². The molecule has 86 valence electrons. The number of hydrogen-bond donors (Lipinski definition) is 2. The quantitative estimate of drug-likeness (QED) is 0.747.